The van der Waals surface area contributed by atoms with Gasteiger partial charge in [-0.25, -0.2) is 4.79 Å². The van der Waals surface area contributed by atoms with E-state index in [0.29, 0.717) is 11.3 Å². The van der Waals surface area contributed by atoms with E-state index in [1.165, 1.54) is 12.0 Å². The molecule has 8 amide bonds. The number of primary amides is 1. The maximum Gasteiger partial charge on any atom is 0.312 e. The first kappa shape index (κ1) is 41.1. The second-order valence-corrected chi connectivity index (χ2v) is 14.0. The van der Waals surface area contributed by atoms with Crippen molar-refractivity contribution in [1.82, 2.24) is 25.8 Å². The summed E-state index contributed by atoms with van der Waals surface area (Å²) in [4.78, 5) is 104. The number of hydrogen-bond donors (Lipinski definition) is 5. The summed E-state index contributed by atoms with van der Waals surface area (Å²) in [5, 5.41) is 10.5. The number of carbonyl (C=O) groups excluding carboxylic acids is 8. The number of benzene rings is 1. The van der Waals surface area contributed by atoms with E-state index in [4.69, 9.17) is 15.2 Å². The fourth-order valence-corrected chi connectivity index (χ4v) is 5.59. The standard InChI is InChI=1S/C35H49N7O10/c1-20(2)29(40-26(43)17-41-23(19-51-6)16-25(32(41)48)42-27(44)13-14-28(42)45)31(47)39-24(8-7-15-37-34(36)50)30(46)38-22-11-9-21(10-12-22)18-52-33(49)35(3,4)5/h9-14,20,23-25,29H,7-8,15-19H2,1-6H3,(H,38,46)(H,39,47)(H,40,43)(H3,36,37,50)/t23-,24-,25-,29-/m0/s1. The molecule has 17 nitrogen and oxygen atoms in total. The van der Waals surface area contributed by atoms with Crippen LogP contribution in [0.5, 0.6) is 0 Å². The van der Waals surface area contributed by atoms with Crippen molar-refractivity contribution in [3.63, 3.8) is 0 Å². The van der Waals surface area contributed by atoms with Crippen LogP contribution in [0.15, 0.2) is 36.4 Å². The number of methoxy groups -OCH3 is 1. The summed E-state index contributed by atoms with van der Waals surface area (Å²) < 4.78 is 10.6. The molecule has 0 spiro atoms. The Morgan fingerprint density at radius 3 is 2.15 bits per heavy atom. The van der Waals surface area contributed by atoms with Gasteiger partial charge in [-0.15, -0.1) is 0 Å². The van der Waals surface area contributed by atoms with Crippen molar-refractivity contribution < 1.29 is 47.8 Å². The zero-order valence-electron chi connectivity index (χ0n) is 30.4. The second kappa shape index (κ2) is 18.3. The Bertz CT molecular complexity index is 1540. The predicted octanol–water partition coefficient (Wildman–Crippen LogP) is 0.329. The molecule has 1 aromatic rings. The molecule has 2 aliphatic heterocycles. The molecule has 6 N–H and O–H groups in total. The van der Waals surface area contributed by atoms with E-state index in [-0.39, 0.29) is 45.0 Å². The van der Waals surface area contributed by atoms with E-state index >= 15 is 0 Å². The van der Waals surface area contributed by atoms with Crippen molar-refractivity contribution in [2.75, 3.05) is 32.1 Å². The Labute approximate surface area is 302 Å². The Hall–Kier alpha value is -5.32. The maximum atomic E-state index is 13.6. The number of anilines is 1. The summed E-state index contributed by atoms with van der Waals surface area (Å²) in [5.41, 5.74) is 5.60. The van der Waals surface area contributed by atoms with Gasteiger partial charge in [0.2, 0.25) is 23.6 Å². The van der Waals surface area contributed by atoms with Crippen molar-refractivity contribution in [1.29, 1.82) is 0 Å². The van der Waals surface area contributed by atoms with Crippen molar-refractivity contribution in [2.45, 2.75) is 84.7 Å². The minimum atomic E-state index is -1.12. The van der Waals surface area contributed by atoms with Crippen LogP contribution in [0.1, 0.15) is 59.4 Å². The number of nitrogens with one attached hydrogen (secondary N) is 4. The zero-order valence-corrected chi connectivity index (χ0v) is 30.4. The van der Waals surface area contributed by atoms with Crippen LogP contribution in [-0.4, -0.2) is 108 Å². The van der Waals surface area contributed by atoms with E-state index in [2.05, 4.69) is 21.3 Å². The van der Waals surface area contributed by atoms with Crippen LogP contribution in [0.2, 0.25) is 0 Å². The van der Waals surface area contributed by atoms with Crippen LogP contribution < -0.4 is 27.0 Å². The van der Waals surface area contributed by atoms with E-state index in [9.17, 15) is 38.4 Å². The van der Waals surface area contributed by atoms with Crippen molar-refractivity contribution in [3.05, 3.63) is 42.0 Å². The topological polar surface area (TPSA) is 236 Å². The van der Waals surface area contributed by atoms with Gasteiger partial charge in [0.15, 0.2) is 0 Å². The highest BCUT2D eigenvalue weighted by atomic mass is 16.5. The summed E-state index contributed by atoms with van der Waals surface area (Å²) in [6.45, 7) is 8.39. The van der Waals surface area contributed by atoms with E-state index in [1.807, 2.05) is 0 Å². The fourth-order valence-electron chi connectivity index (χ4n) is 5.59. The first-order valence-corrected chi connectivity index (χ1v) is 17.0. The van der Waals surface area contributed by atoms with Gasteiger partial charge in [0.05, 0.1) is 24.6 Å². The van der Waals surface area contributed by atoms with Gasteiger partial charge < -0.3 is 41.4 Å². The molecule has 2 heterocycles. The zero-order chi connectivity index (χ0) is 38.7. The molecule has 3 rings (SSSR count). The fraction of sp³-hybridized carbons (Fsp3) is 0.543. The van der Waals surface area contributed by atoms with Gasteiger partial charge in [-0.1, -0.05) is 26.0 Å². The number of likely N-dealkylation sites (tertiary alicyclic amines) is 1. The highest BCUT2D eigenvalue weighted by molar-refractivity contribution is 6.15. The highest BCUT2D eigenvalue weighted by Gasteiger charge is 2.47. The minimum Gasteiger partial charge on any atom is -0.460 e. The number of carbonyl (C=O) groups is 8. The lowest BCUT2D eigenvalue weighted by Gasteiger charge is -2.28. The second-order valence-electron chi connectivity index (χ2n) is 14.0. The number of nitrogens with two attached hydrogens (primary N) is 1. The Kier molecular flexibility index (Phi) is 14.4. The average molecular weight is 728 g/mol. The Balaban J connectivity index is 1.68. The number of amides is 8. The third-order valence-electron chi connectivity index (χ3n) is 8.40. The van der Waals surface area contributed by atoms with Crippen molar-refractivity contribution >= 4 is 53.1 Å². The SMILES string of the molecule is COC[C@@H]1C[C@H](N2C(=O)C=CC2=O)C(=O)N1CC(=O)N[C@H](C(=O)N[C@@H](CCCNC(N)=O)C(=O)Nc1ccc(COC(=O)C(C)(C)C)cc1)C(C)C. The van der Waals surface area contributed by atoms with Crippen molar-refractivity contribution in [3.8, 4) is 0 Å². The first-order valence-electron chi connectivity index (χ1n) is 17.0. The van der Waals surface area contributed by atoms with Crippen LogP contribution in [0, 0.1) is 11.3 Å². The number of imide groups is 1. The molecule has 0 aromatic heterocycles. The largest absolute Gasteiger partial charge is 0.460 e. The quantitative estimate of drug-likeness (QED) is 0.0838. The highest BCUT2D eigenvalue weighted by Crippen LogP contribution is 2.26. The lowest BCUT2D eigenvalue weighted by molar-refractivity contribution is -0.154. The Morgan fingerprint density at radius 1 is 0.962 bits per heavy atom. The summed E-state index contributed by atoms with van der Waals surface area (Å²) in [6.07, 6.45) is 2.60. The molecule has 0 radical (unpaired) electrons. The number of rotatable bonds is 17. The summed E-state index contributed by atoms with van der Waals surface area (Å²) in [5.74, 6) is -4.57. The molecule has 0 aliphatic carbocycles. The molecule has 17 heteroatoms. The molecule has 2 aliphatic rings. The maximum absolute atomic E-state index is 13.6. The molecular weight excluding hydrogens is 678 g/mol. The number of hydrogen-bond acceptors (Lipinski definition) is 10. The van der Waals surface area contributed by atoms with Gasteiger partial charge in [0.25, 0.3) is 11.8 Å². The molecule has 1 saturated heterocycles. The van der Waals surface area contributed by atoms with Crippen LogP contribution in [0.25, 0.3) is 0 Å². The van der Waals surface area contributed by atoms with Gasteiger partial charge in [-0.05, 0) is 57.2 Å². The van der Waals surface area contributed by atoms with Gasteiger partial charge in [0, 0.05) is 37.9 Å². The summed E-state index contributed by atoms with van der Waals surface area (Å²) in [6, 6.07) is 1.93. The summed E-state index contributed by atoms with van der Waals surface area (Å²) >= 11 is 0. The lowest BCUT2D eigenvalue weighted by atomic mass is 9.97. The molecule has 0 unspecified atom stereocenters. The van der Waals surface area contributed by atoms with Crippen LogP contribution in [-0.2, 0) is 49.6 Å². The third-order valence-corrected chi connectivity index (χ3v) is 8.40. The van der Waals surface area contributed by atoms with E-state index < -0.39 is 83.5 Å². The normalized spacial score (nSPS) is 18.3. The van der Waals surface area contributed by atoms with Gasteiger partial charge in [-0.2, -0.15) is 0 Å². The molecule has 0 bridgehead atoms. The van der Waals surface area contributed by atoms with E-state index in [0.717, 1.165) is 17.1 Å². The molecule has 52 heavy (non-hydrogen) atoms. The smallest absolute Gasteiger partial charge is 0.312 e. The molecule has 4 atom stereocenters. The van der Waals surface area contributed by atoms with Gasteiger partial charge in [-0.3, -0.25) is 38.5 Å². The van der Waals surface area contributed by atoms with Crippen LogP contribution in [0.4, 0.5) is 10.5 Å². The van der Waals surface area contributed by atoms with Crippen LogP contribution in [0.3, 0.4) is 0 Å². The molecule has 284 valence electrons. The molecule has 1 aromatic carbocycles. The average Bonchev–Trinajstić information content (AvgIpc) is 3.55. The van der Waals surface area contributed by atoms with E-state index in [1.54, 1.807) is 58.9 Å². The number of esters is 1. The number of ether oxygens (including phenoxy) is 2. The molecule has 1 fully saturated rings. The minimum absolute atomic E-state index is 0.0437. The lowest BCUT2D eigenvalue weighted by Crippen LogP contribution is -2.56. The van der Waals surface area contributed by atoms with Crippen LogP contribution >= 0.6 is 0 Å². The monoisotopic (exact) mass is 727 g/mol. The molecule has 0 saturated carbocycles. The molecular formula is C35H49N7O10. The predicted molar refractivity (Wildman–Crippen MR) is 187 cm³/mol. The number of urea groups is 1. The third kappa shape index (κ3) is 11.3. The number of nitrogens with zero attached hydrogens (tertiary/aromatic N) is 2. The van der Waals surface area contributed by atoms with Crippen molar-refractivity contribution in [2.24, 2.45) is 17.1 Å². The Morgan fingerprint density at radius 2 is 1.60 bits per heavy atom. The first-order chi connectivity index (χ1) is 24.4. The summed E-state index contributed by atoms with van der Waals surface area (Å²) in [7, 11) is 1.42. The van der Waals surface area contributed by atoms with Gasteiger partial charge in [0.1, 0.15) is 24.7 Å². The van der Waals surface area contributed by atoms with Gasteiger partial charge >= 0.3 is 12.0 Å².